The zero-order valence-corrected chi connectivity index (χ0v) is 28.4. The number of aliphatic carboxylic acids is 1. The fourth-order valence-corrected chi connectivity index (χ4v) is 9.49. The lowest BCUT2D eigenvalue weighted by Crippen LogP contribution is -2.42. The third-order valence-corrected chi connectivity index (χ3v) is 11.9. The summed E-state index contributed by atoms with van der Waals surface area (Å²) in [5.74, 6) is -0.494. The van der Waals surface area contributed by atoms with Gasteiger partial charge in [0, 0.05) is 29.9 Å². The van der Waals surface area contributed by atoms with Crippen LogP contribution in [0, 0.1) is 35.5 Å². The zero-order chi connectivity index (χ0) is 33.4. The fourth-order valence-electron chi connectivity index (χ4n) is 9.49. The number of nitrogens with two attached hydrogens (primary N) is 1. The number of carbonyl (C=O) groups is 1. The standard InChI is InChI=1S/C39H59N3O5/c1-2-3-4-8-26-12-13-29(35(44)23-26)9-5-6-10-30-14-15-31(33-11-7-19-41-33)32-22-28(21-27-17-20-42-36(40)24-27)25-39(32,47)18-16-34(43)37(30)38(45)46/h7,11-13,17,19-20,24,26,28-32,34-35,37,41,43-44,47H,2-6,8-10,14-16,18,21-23,25H2,1H3,(H2,40,42)(H,45,46)/t26-,28+,29+,30+,31-,32+,34+,35+,37+,39+/m1/s1. The number of aliphatic hydroxyl groups is 3. The van der Waals surface area contributed by atoms with Crippen LogP contribution in [0.25, 0.3) is 0 Å². The summed E-state index contributed by atoms with van der Waals surface area (Å²) in [6, 6.07) is 8.00. The van der Waals surface area contributed by atoms with Gasteiger partial charge in [-0.1, -0.05) is 51.2 Å². The highest BCUT2D eigenvalue weighted by atomic mass is 16.4. The van der Waals surface area contributed by atoms with Crippen LogP contribution in [0.4, 0.5) is 5.82 Å². The van der Waals surface area contributed by atoms with Crippen LogP contribution in [0.3, 0.4) is 0 Å². The molecule has 0 unspecified atom stereocenters. The Morgan fingerprint density at radius 2 is 1.83 bits per heavy atom. The molecule has 10 atom stereocenters. The van der Waals surface area contributed by atoms with Crippen molar-refractivity contribution in [1.82, 2.24) is 9.97 Å². The van der Waals surface area contributed by atoms with Crippen molar-refractivity contribution in [3.05, 3.63) is 60.1 Å². The summed E-state index contributed by atoms with van der Waals surface area (Å²) in [6.07, 6.45) is 20.3. The SMILES string of the molecule is CCCCC[C@@H]1C=C[C@H](CCCC[C@H]2CC[C@@H](c3ccc[nH]3)[C@@H]3C[C@H](Cc4ccnc(N)c4)C[C@@]3(O)CC[C@H](O)[C@H]2C(=O)O)[C@@H](O)C1. The highest BCUT2D eigenvalue weighted by molar-refractivity contribution is 5.71. The predicted molar refractivity (Wildman–Crippen MR) is 185 cm³/mol. The lowest BCUT2D eigenvalue weighted by atomic mass is 9.69. The van der Waals surface area contributed by atoms with Gasteiger partial charge in [0.1, 0.15) is 5.82 Å². The molecular weight excluding hydrogens is 590 g/mol. The Bertz CT molecular complexity index is 1280. The molecule has 2 aromatic rings. The largest absolute Gasteiger partial charge is 0.481 e. The second kappa shape index (κ2) is 16.6. The number of allylic oxidation sites excluding steroid dienone is 1. The summed E-state index contributed by atoms with van der Waals surface area (Å²) < 4.78 is 0. The Labute approximate surface area is 281 Å². The van der Waals surface area contributed by atoms with E-state index in [2.05, 4.69) is 35.1 Å². The number of carboxylic acid groups (broad SMARTS) is 1. The van der Waals surface area contributed by atoms with E-state index in [9.17, 15) is 25.2 Å². The van der Waals surface area contributed by atoms with Crippen molar-refractivity contribution >= 4 is 11.8 Å². The van der Waals surface area contributed by atoms with E-state index in [1.54, 1.807) is 6.20 Å². The molecule has 5 rings (SSSR count). The number of H-pyrrole nitrogens is 1. The fraction of sp³-hybridized carbons (Fsp3) is 0.692. The van der Waals surface area contributed by atoms with Crippen molar-refractivity contribution < 1.29 is 25.2 Å². The molecule has 7 N–H and O–H groups in total. The Morgan fingerprint density at radius 1 is 1.02 bits per heavy atom. The van der Waals surface area contributed by atoms with Crippen molar-refractivity contribution in [1.29, 1.82) is 0 Å². The number of aliphatic hydroxyl groups excluding tert-OH is 2. The van der Waals surface area contributed by atoms with E-state index >= 15 is 0 Å². The summed E-state index contributed by atoms with van der Waals surface area (Å²) >= 11 is 0. The lowest BCUT2D eigenvalue weighted by Gasteiger charge is -2.39. The number of aromatic nitrogens is 2. The maximum Gasteiger partial charge on any atom is 0.309 e. The summed E-state index contributed by atoms with van der Waals surface area (Å²) in [6.45, 7) is 2.22. The van der Waals surface area contributed by atoms with Gasteiger partial charge >= 0.3 is 5.97 Å². The molecule has 8 nitrogen and oxygen atoms in total. The molecule has 2 saturated carbocycles. The molecule has 3 aliphatic rings. The van der Waals surface area contributed by atoms with Crippen LogP contribution in [-0.2, 0) is 11.2 Å². The van der Waals surface area contributed by atoms with Gasteiger partial charge in [0.2, 0.25) is 0 Å². The van der Waals surface area contributed by atoms with Crippen LogP contribution in [-0.4, -0.2) is 54.2 Å². The van der Waals surface area contributed by atoms with E-state index in [-0.39, 0.29) is 42.1 Å². The van der Waals surface area contributed by atoms with Gasteiger partial charge in [-0.25, -0.2) is 4.98 Å². The van der Waals surface area contributed by atoms with E-state index in [0.29, 0.717) is 31.0 Å². The van der Waals surface area contributed by atoms with Crippen LogP contribution >= 0.6 is 0 Å². The number of hydrogen-bond acceptors (Lipinski definition) is 6. The molecule has 0 saturated heterocycles. The number of nitrogens with one attached hydrogen (secondary N) is 1. The van der Waals surface area contributed by atoms with Gasteiger partial charge in [0.15, 0.2) is 0 Å². The first-order valence-electron chi connectivity index (χ1n) is 18.5. The number of rotatable bonds is 13. The molecule has 0 spiro atoms. The first-order chi connectivity index (χ1) is 22.7. The first-order valence-corrected chi connectivity index (χ1v) is 18.5. The monoisotopic (exact) mass is 649 g/mol. The minimum absolute atomic E-state index is 0.00457. The summed E-state index contributed by atoms with van der Waals surface area (Å²) in [5.41, 5.74) is 7.18. The number of aromatic amines is 1. The average molecular weight is 650 g/mol. The van der Waals surface area contributed by atoms with Crippen molar-refractivity contribution in [2.45, 2.75) is 133 Å². The van der Waals surface area contributed by atoms with Crippen LogP contribution in [0.15, 0.2) is 48.8 Å². The molecule has 0 amide bonds. The Balaban J connectivity index is 1.26. The summed E-state index contributed by atoms with van der Waals surface area (Å²) in [4.78, 5) is 20.3. The normalized spacial score (nSPS) is 34.6. The van der Waals surface area contributed by atoms with E-state index in [4.69, 9.17) is 5.73 Å². The van der Waals surface area contributed by atoms with Gasteiger partial charge in [-0.3, -0.25) is 4.79 Å². The van der Waals surface area contributed by atoms with Crippen molar-refractivity contribution in [2.24, 2.45) is 35.5 Å². The lowest BCUT2D eigenvalue weighted by molar-refractivity contribution is -0.150. The molecule has 47 heavy (non-hydrogen) atoms. The van der Waals surface area contributed by atoms with E-state index in [1.165, 1.54) is 19.3 Å². The van der Waals surface area contributed by atoms with Gasteiger partial charge in [0.05, 0.1) is 23.7 Å². The van der Waals surface area contributed by atoms with Crippen LogP contribution < -0.4 is 5.73 Å². The molecule has 0 aliphatic heterocycles. The minimum atomic E-state index is -1.00. The van der Waals surface area contributed by atoms with Crippen molar-refractivity contribution in [3.63, 3.8) is 0 Å². The first kappa shape index (κ1) is 35.6. The molecule has 0 aromatic carbocycles. The topological polar surface area (TPSA) is 153 Å². The molecule has 3 aliphatic carbocycles. The highest BCUT2D eigenvalue weighted by Crippen LogP contribution is 2.53. The maximum atomic E-state index is 12.7. The number of pyridine rings is 1. The summed E-state index contributed by atoms with van der Waals surface area (Å²) in [5, 5.41) is 44.9. The van der Waals surface area contributed by atoms with Crippen molar-refractivity contribution in [2.75, 3.05) is 5.73 Å². The average Bonchev–Trinajstić information content (AvgIpc) is 3.67. The summed E-state index contributed by atoms with van der Waals surface area (Å²) in [7, 11) is 0. The number of carboxylic acids is 1. The third kappa shape index (κ3) is 9.27. The van der Waals surface area contributed by atoms with Gasteiger partial charge < -0.3 is 31.1 Å². The second-order valence-corrected chi connectivity index (χ2v) is 15.2. The zero-order valence-electron chi connectivity index (χ0n) is 28.4. The predicted octanol–water partition coefficient (Wildman–Crippen LogP) is 7.02. The Morgan fingerprint density at radius 3 is 2.55 bits per heavy atom. The van der Waals surface area contributed by atoms with Gasteiger partial charge in [-0.2, -0.15) is 0 Å². The number of nitrogens with zero attached hydrogens (tertiary/aromatic N) is 1. The molecule has 2 fully saturated rings. The number of hydrogen-bond donors (Lipinski definition) is 6. The third-order valence-electron chi connectivity index (χ3n) is 11.9. The second-order valence-electron chi connectivity index (χ2n) is 15.2. The molecular formula is C39H59N3O5. The Hall–Kier alpha value is -2.68. The van der Waals surface area contributed by atoms with Crippen LogP contribution in [0.5, 0.6) is 0 Å². The molecule has 0 radical (unpaired) electrons. The highest BCUT2D eigenvalue weighted by Gasteiger charge is 2.51. The molecule has 8 heteroatoms. The maximum absolute atomic E-state index is 12.7. The van der Waals surface area contributed by atoms with Gasteiger partial charge in [0.25, 0.3) is 0 Å². The van der Waals surface area contributed by atoms with Gasteiger partial charge in [-0.15, -0.1) is 0 Å². The molecule has 2 aromatic heterocycles. The minimum Gasteiger partial charge on any atom is -0.481 e. The molecule has 0 bridgehead atoms. The van der Waals surface area contributed by atoms with E-state index in [0.717, 1.165) is 69.0 Å². The van der Waals surface area contributed by atoms with Crippen LogP contribution in [0.1, 0.15) is 120 Å². The van der Waals surface area contributed by atoms with Gasteiger partial charge in [-0.05, 0) is 124 Å². The van der Waals surface area contributed by atoms with E-state index < -0.39 is 23.6 Å². The number of unbranched alkanes of at least 4 members (excludes halogenated alkanes) is 3. The quantitative estimate of drug-likeness (QED) is 0.101. The Kier molecular flexibility index (Phi) is 12.6. The smallest absolute Gasteiger partial charge is 0.309 e. The van der Waals surface area contributed by atoms with E-state index in [1.807, 2.05) is 24.4 Å². The number of nitrogen functional groups attached to an aromatic ring is 1. The number of anilines is 1. The number of fused-ring (bicyclic) bond motifs is 1. The van der Waals surface area contributed by atoms with Crippen LogP contribution in [0.2, 0.25) is 0 Å². The molecule has 260 valence electrons. The molecule has 2 heterocycles. The van der Waals surface area contributed by atoms with Crippen molar-refractivity contribution in [3.8, 4) is 0 Å².